The van der Waals surface area contributed by atoms with Gasteiger partial charge in [0.05, 0.1) is 7.11 Å². The molecule has 1 N–H and O–H groups in total. The van der Waals surface area contributed by atoms with Gasteiger partial charge < -0.3 is 10.1 Å². The second-order valence-electron chi connectivity index (χ2n) is 5.90. The second-order valence-corrected chi connectivity index (χ2v) is 5.90. The minimum Gasteiger partial charge on any atom is -0.467 e. The highest BCUT2D eigenvalue weighted by Gasteiger charge is 2.46. The smallest absolute Gasteiger partial charge is 0.334 e. The van der Waals surface area contributed by atoms with Gasteiger partial charge in [0.2, 0.25) is 5.91 Å². The number of imide groups is 2. The fraction of sp³-hybridized carbons (Fsp3) is 0.667. The van der Waals surface area contributed by atoms with E-state index in [0.717, 1.165) is 4.90 Å². The maximum atomic E-state index is 12.1. The van der Waals surface area contributed by atoms with E-state index in [1.165, 1.54) is 7.11 Å². The number of ether oxygens (including phenoxy) is 1. The molecule has 1 aliphatic heterocycles. The summed E-state index contributed by atoms with van der Waals surface area (Å²) in [6.45, 7) is 6.15. The molecule has 1 fully saturated rings. The van der Waals surface area contributed by atoms with Crippen molar-refractivity contribution in [3.63, 3.8) is 0 Å². The van der Waals surface area contributed by atoms with Crippen molar-refractivity contribution in [1.29, 1.82) is 0 Å². The number of rotatable bonds is 7. The number of methoxy groups -OCH3 is 1. The van der Waals surface area contributed by atoms with E-state index in [0.29, 0.717) is 11.3 Å². The lowest BCUT2D eigenvalue weighted by atomic mass is 9.99. The first kappa shape index (κ1) is 19.6. The van der Waals surface area contributed by atoms with Crippen LogP contribution in [0.15, 0.2) is 0 Å². The monoisotopic (exact) mass is 341 g/mol. The molecule has 1 rings (SSSR count). The van der Waals surface area contributed by atoms with Crippen LogP contribution in [0.5, 0.6) is 0 Å². The summed E-state index contributed by atoms with van der Waals surface area (Å²) in [6, 6.07) is -2.23. The molecule has 0 bridgehead atoms. The van der Waals surface area contributed by atoms with E-state index in [1.807, 2.05) is 6.92 Å². The largest absolute Gasteiger partial charge is 0.467 e. The summed E-state index contributed by atoms with van der Waals surface area (Å²) in [4.78, 5) is 61.0. The van der Waals surface area contributed by atoms with Crippen molar-refractivity contribution in [3.8, 4) is 0 Å². The van der Waals surface area contributed by atoms with E-state index in [4.69, 9.17) is 0 Å². The van der Waals surface area contributed by atoms with Gasteiger partial charge in [0.25, 0.3) is 0 Å². The van der Waals surface area contributed by atoms with Gasteiger partial charge in [-0.05, 0) is 19.8 Å². The Balaban J connectivity index is 2.83. The Labute approximate surface area is 140 Å². The van der Waals surface area contributed by atoms with Crippen LogP contribution in [-0.2, 0) is 23.9 Å². The van der Waals surface area contributed by atoms with E-state index in [9.17, 15) is 24.0 Å². The highest BCUT2D eigenvalue weighted by Crippen LogP contribution is 2.15. The molecular formula is C15H23N3O6. The first-order chi connectivity index (χ1) is 11.1. The van der Waals surface area contributed by atoms with Crippen LogP contribution in [0.25, 0.3) is 0 Å². The fourth-order valence-electron chi connectivity index (χ4n) is 2.28. The van der Waals surface area contributed by atoms with Gasteiger partial charge >= 0.3 is 23.8 Å². The average Bonchev–Trinajstić information content (AvgIpc) is 2.74. The van der Waals surface area contributed by atoms with Crippen molar-refractivity contribution in [2.45, 2.75) is 46.2 Å². The molecule has 0 spiro atoms. The molecule has 9 nitrogen and oxygen atoms in total. The van der Waals surface area contributed by atoms with Gasteiger partial charge in [0, 0.05) is 6.04 Å². The highest BCUT2D eigenvalue weighted by atomic mass is 16.5. The normalized spacial score (nSPS) is 17.3. The summed E-state index contributed by atoms with van der Waals surface area (Å²) in [6.07, 6.45) is 0.612. The lowest BCUT2D eigenvalue weighted by Gasteiger charge is -2.23. The molecule has 24 heavy (non-hydrogen) atoms. The molecule has 5 amide bonds. The zero-order valence-electron chi connectivity index (χ0n) is 14.5. The van der Waals surface area contributed by atoms with Gasteiger partial charge in [-0.1, -0.05) is 20.3 Å². The molecular weight excluding hydrogens is 318 g/mol. The summed E-state index contributed by atoms with van der Waals surface area (Å²) >= 11 is 0. The van der Waals surface area contributed by atoms with Crippen LogP contribution < -0.4 is 5.32 Å². The fourth-order valence-corrected chi connectivity index (χ4v) is 2.28. The number of urea groups is 1. The molecule has 2 atom stereocenters. The average molecular weight is 341 g/mol. The molecule has 0 unspecified atom stereocenters. The predicted molar refractivity (Wildman–Crippen MR) is 82.5 cm³/mol. The number of hydrogen-bond acceptors (Lipinski definition) is 6. The number of amides is 5. The number of carbonyl (C=O) groups excluding carboxylic acids is 5. The standard InChI is InChI=1S/C15H23N3O6/c1-6-9(4)11(14(22)24-5)16-10(19)7-17-12(20)13(21)18(8(2)3)15(17)23/h8-9,11H,6-7H2,1-5H3,(H,16,19)/t9-,11+/m1/s1. The zero-order chi connectivity index (χ0) is 18.6. The van der Waals surface area contributed by atoms with Gasteiger partial charge in [-0.2, -0.15) is 0 Å². The van der Waals surface area contributed by atoms with Gasteiger partial charge in [-0.25, -0.2) is 14.5 Å². The van der Waals surface area contributed by atoms with E-state index in [1.54, 1.807) is 20.8 Å². The van der Waals surface area contributed by atoms with E-state index in [2.05, 4.69) is 10.1 Å². The Morgan fingerprint density at radius 3 is 2.12 bits per heavy atom. The van der Waals surface area contributed by atoms with Crippen molar-refractivity contribution < 1.29 is 28.7 Å². The topological polar surface area (TPSA) is 113 Å². The van der Waals surface area contributed by atoms with Crippen molar-refractivity contribution in [3.05, 3.63) is 0 Å². The molecule has 0 aromatic heterocycles. The Kier molecular flexibility index (Phi) is 6.44. The summed E-state index contributed by atoms with van der Waals surface area (Å²) < 4.78 is 4.65. The Hall–Kier alpha value is -2.45. The number of hydrogen-bond donors (Lipinski definition) is 1. The minimum absolute atomic E-state index is 0.194. The Bertz CT molecular complexity index is 559. The molecule has 0 radical (unpaired) electrons. The molecule has 1 saturated heterocycles. The summed E-state index contributed by atoms with van der Waals surface area (Å²) in [5.41, 5.74) is 0. The van der Waals surface area contributed by atoms with Gasteiger partial charge in [0.1, 0.15) is 12.6 Å². The molecule has 134 valence electrons. The van der Waals surface area contributed by atoms with Gasteiger partial charge in [0.15, 0.2) is 0 Å². The Morgan fingerprint density at radius 2 is 1.71 bits per heavy atom. The third kappa shape index (κ3) is 3.90. The summed E-state index contributed by atoms with van der Waals surface area (Å²) in [5, 5.41) is 2.46. The minimum atomic E-state index is -1.05. The Morgan fingerprint density at radius 1 is 1.12 bits per heavy atom. The molecule has 9 heteroatoms. The van der Waals surface area contributed by atoms with Crippen LogP contribution in [0.2, 0.25) is 0 Å². The van der Waals surface area contributed by atoms with Crippen molar-refractivity contribution in [1.82, 2.24) is 15.1 Å². The maximum absolute atomic E-state index is 12.1. The van der Waals surface area contributed by atoms with Crippen LogP contribution in [-0.4, -0.2) is 65.3 Å². The third-order valence-electron chi connectivity index (χ3n) is 3.89. The van der Waals surface area contributed by atoms with E-state index >= 15 is 0 Å². The number of esters is 1. The van der Waals surface area contributed by atoms with Gasteiger partial charge in [-0.15, -0.1) is 0 Å². The van der Waals surface area contributed by atoms with Crippen LogP contribution in [0.1, 0.15) is 34.1 Å². The second kappa shape index (κ2) is 7.89. The van der Waals surface area contributed by atoms with Crippen molar-refractivity contribution >= 4 is 29.7 Å². The lowest BCUT2D eigenvalue weighted by molar-refractivity contribution is -0.147. The van der Waals surface area contributed by atoms with E-state index < -0.39 is 48.4 Å². The molecule has 0 aliphatic carbocycles. The predicted octanol–water partition coefficient (Wildman–Crippen LogP) is -0.110. The van der Waals surface area contributed by atoms with Crippen LogP contribution >= 0.6 is 0 Å². The maximum Gasteiger partial charge on any atom is 0.334 e. The quantitative estimate of drug-likeness (QED) is 0.393. The lowest BCUT2D eigenvalue weighted by Crippen LogP contribution is -2.50. The zero-order valence-corrected chi connectivity index (χ0v) is 14.5. The summed E-state index contributed by atoms with van der Waals surface area (Å²) in [5.74, 6) is -3.54. The van der Waals surface area contributed by atoms with Crippen LogP contribution in [0, 0.1) is 5.92 Å². The first-order valence-corrected chi connectivity index (χ1v) is 7.71. The van der Waals surface area contributed by atoms with Crippen LogP contribution in [0.4, 0.5) is 4.79 Å². The number of carbonyl (C=O) groups is 5. The molecule has 1 heterocycles. The van der Waals surface area contributed by atoms with Crippen molar-refractivity contribution in [2.75, 3.05) is 13.7 Å². The summed E-state index contributed by atoms with van der Waals surface area (Å²) in [7, 11) is 1.20. The SMILES string of the molecule is CC[C@@H](C)[C@H](NC(=O)CN1C(=O)C(=O)N(C(C)C)C1=O)C(=O)OC. The van der Waals surface area contributed by atoms with E-state index in [-0.39, 0.29) is 5.92 Å². The third-order valence-corrected chi connectivity index (χ3v) is 3.89. The first-order valence-electron chi connectivity index (χ1n) is 7.71. The molecule has 0 aromatic rings. The molecule has 0 aromatic carbocycles. The number of nitrogens with zero attached hydrogens (tertiary/aromatic N) is 2. The highest BCUT2D eigenvalue weighted by molar-refractivity contribution is 6.45. The number of nitrogens with one attached hydrogen (secondary N) is 1. The molecule has 1 aliphatic rings. The van der Waals surface area contributed by atoms with Gasteiger partial charge in [-0.3, -0.25) is 19.3 Å². The van der Waals surface area contributed by atoms with Crippen LogP contribution in [0.3, 0.4) is 0 Å². The van der Waals surface area contributed by atoms with Crippen molar-refractivity contribution in [2.24, 2.45) is 5.92 Å². The molecule has 0 saturated carbocycles.